The minimum atomic E-state index is -1.85. The summed E-state index contributed by atoms with van der Waals surface area (Å²) in [5.41, 5.74) is 3.06. The maximum absolute atomic E-state index is 13.0. The SMILES string of the molecule is COc1ccc(-c2c(NC(C)=O)ccc([Si](C)(C)C)c2NC(=O)CN2CCC(O)C2)cc1. The number of methoxy groups -OCH3 is 1. The molecule has 1 unspecified atom stereocenters. The number of likely N-dealkylation sites (tertiary alicyclic amines) is 1. The van der Waals surface area contributed by atoms with Crippen LogP contribution in [0.15, 0.2) is 36.4 Å². The summed E-state index contributed by atoms with van der Waals surface area (Å²) in [6.45, 7) is 9.58. The highest BCUT2D eigenvalue weighted by atomic mass is 28.3. The van der Waals surface area contributed by atoms with E-state index in [1.807, 2.05) is 41.3 Å². The average Bonchev–Trinajstić information content (AvgIpc) is 3.11. The Morgan fingerprint density at radius 3 is 2.34 bits per heavy atom. The molecule has 3 rings (SSSR count). The lowest BCUT2D eigenvalue weighted by molar-refractivity contribution is -0.117. The number of nitrogens with zero attached hydrogens (tertiary/aromatic N) is 1. The molecule has 2 aromatic carbocycles. The molecule has 0 saturated carbocycles. The van der Waals surface area contributed by atoms with Crippen LogP contribution in [-0.2, 0) is 9.59 Å². The van der Waals surface area contributed by atoms with Crippen molar-refractivity contribution in [3.63, 3.8) is 0 Å². The summed E-state index contributed by atoms with van der Waals surface area (Å²) in [5.74, 6) is 0.423. The minimum Gasteiger partial charge on any atom is -0.497 e. The molecule has 32 heavy (non-hydrogen) atoms. The molecule has 1 aliphatic rings. The molecule has 1 fully saturated rings. The number of hydrogen-bond acceptors (Lipinski definition) is 5. The molecule has 1 heterocycles. The summed E-state index contributed by atoms with van der Waals surface area (Å²) in [4.78, 5) is 26.9. The van der Waals surface area contributed by atoms with Gasteiger partial charge in [-0.3, -0.25) is 14.5 Å². The van der Waals surface area contributed by atoms with Gasteiger partial charge in [0.05, 0.1) is 33.5 Å². The molecule has 8 heteroatoms. The van der Waals surface area contributed by atoms with Crippen LogP contribution in [0.2, 0.25) is 19.6 Å². The summed E-state index contributed by atoms with van der Waals surface area (Å²) in [7, 11) is -0.235. The van der Waals surface area contributed by atoms with Crippen LogP contribution < -0.4 is 20.6 Å². The van der Waals surface area contributed by atoms with Gasteiger partial charge in [0.1, 0.15) is 5.75 Å². The van der Waals surface area contributed by atoms with E-state index in [2.05, 4.69) is 30.3 Å². The molecule has 0 aliphatic carbocycles. The summed E-state index contributed by atoms with van der Waals surface area (Å²) < 4.78 is 5.30. The second-order valence-electron chi connectivity index (χ2n) is 9.30. The molecule has 0 bridgehead atoms. The highest BCUT2D eigenvalue weighted by Gasteiger charge is 2.27. The number of anilines is 2. The summed E-state index contributed by atoms with van der Waals surface area (Å²) in [6.07, 6.45) is 0.307. The van der Waals surface area contributed by atoms with Crippen molar-refractivity contribution in [2.45, 2.75) is 39.1 Å². The lowest BCUT2D eigenvalue weighted by atomic mass is 10.0. The van der Waals surface area contributed by atoms with E-state index < -0.39 is 8.07 Å². The number of carbonyl (C=O) groups is 2. The van der Waals surface area contributed by atoms with Crippen LogP contribution in [0.4, 0.5) is 11.4 Å². The normalized spacial score (nSPS) is 16.6. The van der Waals surface area contributed by atoms with Crippen molar-refractivity contribution in [1.29, 1.82) is 0 Å². The van der Waals surface area contributed by atoms with Crippen LogP contribution in [0.25, 0.3) is 11.1 Å². The highest BCUT2D eigenvalue weighted by molar-refractivity contribution is 6.90. The van der Waals surface area contributed by atoms with Gasteiger partial charge in [-0.1, -0.05) is 37.8 Å². The largest absolute Gasteiger partial charge is 0.497 e. The van der Waals surface area contributed by atoms with Crippen LogP contribution in [0.3, 0.4) is 0 Å². The van der Waals surface area contributed by atoms with Gasteiger partial charge in [0.15, 0.2) is 0 Å². The molecular formula is C24H33N3O4Si. The molecule has 2 aromatic rings. The van der Waals surface area contributed by atoms with Crippen LogP contribution >= 0.6 is 0 Å². The van der Waals surface area contributed by atoms with Crippen molar-refractivity contribution >= 4 is 36.4 Å². The fourth-order valence-electron chi connectivity index (χ4n) is 4.05. The Morgan fingerprint density at radius 2 is 1.81 bits per heavy atom. The number of rotatable bonds is 7. The first-order valence-electron chi connectivity index (χ1n) is 10.9. The van der Waals surface area contributed by atoms with E-state index in [0.717, 1.165) is 27.8 Å². The summed E-state index contributed by atoms with van der Waals surface area (Å²) in [6, 6.07) is 11.5. The lowest BCUT2D eigenvalue weighted by Crippen LogP contribution is -2.41. The number of aliphatic hydroxyl groups is 1. The van der Waals surface area contributed by atoms with Crippen LogP contribution in [-0.4, -0.2) is 62.7 Å². The third-order valence-electron chi connectivity index (χ3n) is 5.58. The van der Waals surface area contributed by atoms with Crippen molar-refractivity contribution < 1.29 is 19.4 Å². The fourth-order valence-corrected chi connectivity index (χ4v) is 5.57. The van der Waals surface area contributed by atoms with E-state index in [1.54, 1.807) is 7.11 Å². The van der Waals surface area contributed by atoms with Crippen LogP contribution in [0, 0.1) is 0 Å². The van der Waals surface area contributed by atoms with Gasteiger partial charge in [0.2, 0.25) is 11.8 Å². The van der Waals surface area contributed by atoms with Crippen molar-refractivity contribution in [3.8, 4) is 16.9 Å². The summed E-state index contributed by atoms with van der Waals surface area (Å²) in [5, 5.41) is 17.0. The second-order valence-corrected chi connectivity index (χ2v) is 14.3. The summed E-state index contributed by atoms with van der Waals surface area (Å²) >= 11 is 0. The zero-order valence-electron chi connectivity index (χ0n) is 19.5. The first kappa shape index (κ1) is 24.0. The molecule has 1 atom stereocenters. The number of ether oxygens (including phenoxy) is 1. The first-order chi connectivity index (χ1) is 15.1. The number of carbonyl (C=O) groups excluding carboxylic acids is 2. The maximum Gasteiger partial charge on any atom is 0.238 e. The molecule has 1 aliphatic heterocycles. The van der Waals surface area contributed by atoms with Gasteiger partial charge in [-0.25, -0.2) is 0 Å². The van der Waals surface area contributed by atoms with Crippen molar-refractivity contribution in [2.24, 2.45) is 0 Å². The number of amides is 2. The van der Waals surface area contributed by atoms with E-state index in [1.165, 1.54) is 6.92 Å². The van der Waals surface area contributed by atoms with Crippen LogP contribution in [0.1, 0.15) is 13.3 Å². The molecule has 0 aromatic heterocycles. The van der Waals surface area contributed by atoms with Gasteiger partial charge in [-0.2, -0.15) is 0 Å². The Bertz CT molecular complexity index is 986. The topological polar surface area (TPSA) is 90.9 Å². The van der Waals surface area contributed by atoms with Gasteiger partial charge in [-0.15, -0.1) is 0 Å². The molecule has 0 spiro atoms. The number of hydrogen-bond donors (Lipinski definition) is 3. The van der Waals surface area contributed by atoms with Crippen molar-refractivity contribution in [3.05, 3.63) is 36.4 Å². The molecule has 172 valence electrons. The Labute approximate surface area is 190 Å². The first-order valence-corrected chi connectivity index (χ1v) is 14.4. The van der Waals surface area contributed by atoms with Crippen molar-refractivity contribution in [2.75, 3.05) is 37.4 Å². The molecule has 2 amide bonds. The third kappa shape index (κ3) is 5.76. The zero-order valence-corrected chi connectivity index (χ0v) is 20.5. The van der Waals surface area contributed by atoms with Crippen molar-refractivity contribution in [1.82, 2.24) is 4.90 Å². The van der Waals surface area contributed by atoms with Gasteiger partial charge in [-0.05, 0) is 35.4 Å². The molecule has 3 N–H and O–H groups in total. The second kappa shape index (κ2) is 9.85. The number of β-amino-alcohol motifs (C(OH)–C–C–N with tert-alkyl or cyclic N) is 1. The Morgan fingerprint density at radius 1 is 1.12 bits per heavy atom. The minimum absolute atomic E-state index is 0.131. The zero-order chi connectivity index (χ0) is 23.5. The van der Waals surface area contributed by atoms with E-state index in [0.29, 0.717) is 25.2 Å². The maximum atomic E-state index is 13.0. The monoisotopic (exact) mass is 455 g/mol. The smallest absolute Gasteiger partial charge is 0.238 e. The predicted molar refractivity (Wildman–Crippen MR) is 131 cm³/mol. The van der Waals surface area contributed by atoms with Crippen LogP contribution in [0.5, 0.6) is 5.75 Å². The standard InChI is InChI=1S/C24H33N3O4Si/c1-16(28)25-20-10-11-21(32(3,4)5)24(23(20)17-6-8-19(31-2)9-7-17)26-22(30)15-27-13-12-18(29)14-27/h6-11,18,29H,12-15H2,1-5H3,(H,25,28)(H,26,30). The van der Waals surface area contributed by atoms with Gasteiger partial charge in [0, 0.05) is 31.3 Å². The highest BCUT2D eigenvalue weighted by Crippen LogP contribution is 2.36. The van der Waals surface area contributed by atoms with E-state index in [4.69, 9.17) is 4.74 Å². The third-order valence-corrected chi connectivity index (χ3v) is 7.61. The van der Waals surface area contributed by atoms with Gasteiger partial charge in [0.25, 0.3) is 0 Å². The molecule has 0 radical (unpaired) electrons. The fraction of sp³-hybridized carbons (Fsp3) is 0.417. The Hall–Kier alpha value is -2.68. The van der Waals surface area contributed by atoms with E-state index in [-0.39, 0.29) is 24.5 Å². The molecular weight excluding hydrogens is 422 g/mol. The Kier molecular flexibility index (Phi) is 7.38. The molecule has 1 saturated heterocycles. The van der Waals surface area contributed by atoms with E-state index in [9.17, 15) is 14.7 Å². The quantitative estimate of drug-likeness (QED) is 0.559. The van der Waals surface area contributed by atoms with E-state index >= 15 is 0 Å². The van der Waals surface area contributed by atoms with Gasteiger partial charge >= 0.3 is 0 Å². The Balaban J connectivity index is 2.09. The number of nitrogens with one attached hydrogen (secondary N) is 2. The average molecular weight is 456 g/mol. The predicted octanol–water partition coefficient (Wildman–Crippen LogP) is 2.87. The number of aliphatic hydroxyl groups excluding tert-OH is 1. The molecule has 7 nitrogen and oxygen atoms in total. The lowest BCUT2D eigenvalue weighted by Gasteiger charge is -2.26. The number of benzene rings is 2. The van der Waals surface area contributed by atoms with Gasteiger partial charge < -0.3 is 20.5 Å².